The SMILES string of the molecule is Cc1cc(N2CCc3[nH]ncc3C2)cc(C)c1NC(=O)CC(C)(C)C. The second kappa shape index (κ2) is 6.54. The molecular weight excluding hydrogens is 312 g/mol. The predicted molar refractivity (Wildman–Crippen MR) is 102 cm³/mol. The fourth-order valence-corrected chi connectivity index (χ4v) is 3.43. The zero-order valence-electron chi connectivity index (χ0n) is 15.9. The van der Waals surface area contributed by atoms with Crippen molar-refractivity contribution >= 4 is 17.3 Å². The number of hydrogen-bond donors (Lipinski definition) is 2. The molecule has 1 amide bonds. The first-order chi connectivity index (χ1) is 11.7. The quantitative estimate of drug-likeness (QED) is 0.889. The highest BCUT2D eigenvalue weighted by molar-refractivity contribution is 5.93. The summed E-state index contributed by atoms with van der Waals surface area (Å²) >= 11 is 0. The molecule has 5 nitrogen and oxygen atoms in total. The van der Waals surface area contributed by atoms with E-state index in [-0.39, 0.29) is 11.3 Å². The van der Waals surface area contributed by atoms with Crippen molar-refractivity contribution < 1.29 is 4.79 Å². The molecule has 2 N–H and O–H groups in total. The maximum Gasteiger partial charge on any atom is 0.224 e. The van der Waals surface area contributed by atoms with Gasteiger partial charge in [-0.15, -0.1) is 0 Å². The van der Waals surface area contributed by atoms with Gasteiger partial charge in [-0.2, -0.15) is 5.10 Å². The van der Waals surface area contributed by atoms with Crippen LogP contribution in [0, 0.1) is 19.3 Å². The van der Waals surface area contributed by atoms with E-state index in [9.17, 15) is 4.79 Å². The first kappa shape index (κ1) is 17.5. The minimum Gasteiger partial charge on any atom is -0.367 e. The highest BCUT2D eigenvalue weighted by Crippen LogP contribution is 2.30. The molecule has 134 valence electrons. The van der Waals surface area contributed by atoms with Crippen LogP contribution in [-0.4, -0.2) is 22.6 Å². The molecule has 1 aliphatic heterocycles. The minimum absolute atomic E-state index is 0.0120. The molecule has 1 aliphatic rings. The van der Waals surface area contributed by atoms with Gasteiger partial charge >= 0.3 is 0 Å². The van der Waals surface area contributed by atoms with Gasteiger partial charge in [-0.05, 0) is 42.5 Å². The van der Waals surface area contributed by atoms with E-state index in [0.717, 1.165) is 36.3 Å². The van der Waals surface area contributed by atoms with E-state index < -0.39 is 0 Å². The van der Waals surface area contributed by atoms with E-state index in [1.165, 1.54) is 16.9 Å². The number of fused-ring (bicyclic) bond motifs is 1. The van der Waals surface area contributed by atoms with Crippen molar-refractivity contribution in [2.24, 2.45) is 5.41 Å². The summed E-state index contributed by atoms with van der Waals surface area (Å²) in [6, 6.07) is 4.34. The van der Waals surface area contributed by atoms with Crippen molar-refractivity contribution in [3.05, 3.63) is 40.7 Å². The van der Waals surface area contributed by atoms with Crippen LogP contribution < -0.4 is 10.2 Å². The van der Waals surface area contributed by atoms with Gasteiger partial charge in [0.05, 0.1) is 6.20 Å². The van der Waals surface area contributed by atoms with Crippen molar-refractivity contribution in [1.82, 2.24) is 10.2 Å². The van der Waals surface area contributed by atoms with Crippen LogP contribution in [0.4, 0.5) is 11.4 Å². The van der Waals surface area contributed by atoms with E-state index in [2.05, 4.69) is 67.2 Å². The van der Waals surface area contributed by atoms with Gasteiger partial charge in [-0.3, -0.25) is 9.89 Å². The minimum atomic E-state index is -0.0120. The van der Waals surface area contributed by atoms with Crippen LogP contribution >= 0.6 is 0 Å². The monoisotopic (exact) mass is 340 g/mol. The average Bonchev–Trinajstić information content (AvgIpc) is 2.96. The molecule has 0 fully saturated rings. The number of rotatable bonds is 3. The molecule has 0 saturated carbocycles. The van der Waals surface area contributed by atoms with Gasteiger partial charge in [0.2, 0.25) is 5.91 Å². The lowest BCUT2D eigenvalue weighted by molar-refractivity contribution is -0.117. The number of carbonyl (C=O) groups excluding carboxylic acids is 1. The van der Waals surface area contributed by atoms with Crippen LogP contribution in [0.15, 0.2) is 18.3 Å². The number of anilines is 2. The Hall–Kier alpha value is -2.30. The van der Waals surface area contributed by atoms with Gasteiger partial charge < -0.3 is 10.2 Å². The summed E-state index contributed by atoms with van der Waals surface area (Å²) < 4.78 is 0. The maximum atomic E-state index is 12.3. The van der Waals surface area contributed by atoms with Crippen LogP contribution in [0.3, 0.4) is 0 Å². The summed E-state index contributed by atoms with van der Waals surface area (Å²) in [7, 11) is 0. The number of aromatic amines is 1. The summed E-state index contributed by atoms with van der Waals surface area (Å²) in [5.41, 5.74) is 6.86. The van der Waals surface area contributed by atoms with Gasteiger partial charge in [-0.1, -0.05) is 20.8 Å². The standard InChI is InChI=1S/C20H28N4O/c1-13-8-16(24-7-6-17-15(12-24)11-21-23-17)9-14(2)19(13)22-18(25)10-20(3,4)5/h8-9,11H,6-7,10,12H2,1-5H3,(H,21,23)(H,22,25). The molecule has 25 heavy (non-hydrogen) atoms. The van der Waals surface area contributed by atoms with Crippen molar-refractivity contribution in [2.45, 2.75) is 54.0 Å². The Morgan fingerprint density at radius 2 is 1.96 bits per heavy atom. The molecule has 0 bridgehead atoms. The molecule has 0 spiro atoms. The molecule has 0 radical (unpaired) electrons. The third-order valence-electron chi connectivity index (χ3n) is 4.64. The number of hydrogen-bond acceptors (Lipinski definition) is 3. The molecule has 0 saturated heterocycles. The number of carbonyl (C=O) groups is 1. The summed E-state index contributed by atoms with van der Waals surface area (Å²) in [5.74, 6) is 0.0764. The fourth-order valence-electron chi connectivity index (χ4n) is 3.43. The van der Waals surface area contributed by atoms with Crippen molar-refractivity contribution in [3.8, 4) is 0 Å². The second-order valence-electron chi connectivity index (χ2n) is 8.29. The number of benzene rings is 1. The number of aryl methyl sites for hydroxylation is 2. The van der Waals surface area contributed by atoms with Gasteiger partial charge in [0.15, 0.2) is 0 Å². The number of H-pyrrole nitrogens is 1. The molecule has 0 aliphatic carbocycles. The highest BCUT2D eigenvalue weighted by atomic mass is 16.1. The largest absolute Gasteiger partial charge is 0.367 e. The summed E-state index contributed by atoms with van der Waals surface area (Å²) in [6.07, 6.45) is 3.42. The van der Waals surface area contributed by atoms with Crippen LogP contribution in [0.5, 0.6) is 0 Å². The molecule has 0 unspecified atom stereocenters. The second-order valence-corrected chi connectivity index (χ2v) is 8.29. The topological polar surface area (TPSA) is 61.0 Å². The van der Waals surface area contributed by atoms with Gasteiger partial charge in [0, 0.05) is 48.6 Å². The van der Waals surface area contributed by atoms with E-state index in [1.807, 2.05) is 6.20 Å². The Balaban J connectivity index is 1.78. The molecule has 1 aromatic heterocycles. The Bertz CT molecular complexity index is 762. The van der Waals surface area contributed by atoms with Crippen molar-refractivity contribution in [1.29, 1.82) is 0 Å². The zero-order valence-corrected chi connectivity index (χ0v) is 15.9. The fraction of sp³-hybridized carbons (Fsp3) is 0.500. The van der Waals surface area contributed by atoms with E-state index in [4.69, 9.17) is 0 Å². The molecule has 2 aromatic rings. The predicted octanol–water partition coefficient (Wildman–Crippen LogP) is 3.96. The lowest BCUT2D eigenvalue weighted by Gasteiger charge is -2.30. The van der Waals surface area contributed by atoms with Gasteiger partial charge in [0.25, 0.3) is 0 Å². The van der Waals surface area contributed by atoms with Gasteiger partial charge in [-0.25, -0.2) is 0 Å². The number of nitrogens with one attached hydrogen (secondary N) is 2. The third kappa shape index (κ3) is 4.03. The molecule has 5 heteroatoms. The van der Waals surface area contributed by atoms with Crippen LogP contribution in [0.1, 0.15) is 49.6 Å². The molecule has 0 atom stereocenters. The Morgan fingerprint density at radius 3 is 2.60 bits per heavy atom. The highest BCUT2D eigenvalue weighted by Gasteiger charge is 2.20. The lowest BCUT2D eigenvalue weighted by Crippen LogP contribution is -2.30. The normalized spacial score (nSPS) is 14.4. The first-order valence-corrected chi connectivity index (χ1v) is 8.90. The zero-order chi connectivity index (χ0) is 18.2. The van der Waals surface area contributed by atoms with Crippen LogP contribution in [-0.2, 0) is 17.8 Å². The third-order valence-corrected chi connectivity index (χ3v) is 4.64. The van der Waals surface area contributed by atoms with E-state index >= 15 is 0 Å². The summed E-state index contributed by atoms with van der Waals surface area (Å²) in [4.78, 5) is 14.7. The average molecular weight is 340 g/mol. The van der Waals surface area contributed by atoms with Crippen LogP contribution in [0.2, 0.25) is 0 Å². The van der Waals surface area contributed by atoms with Gasteiger partial charge in [0.1, 0.15) is 0 Å². The van der Waals surface area contributed by atoms with Crippen LogP contribution in [0.25, 0.3) is 0 Å². The molecule has 1 aromatic carbocycles. The Labute approximate surface area is 149 Å². The lowest BCUT2D eigenvalue weighted by atomic mass is 9.92. The van der Waals surface area contributed by atoms with Crippen molar-refractivity contribution in [2.75, 3.05) is 16.8 Å². The van der Waals surface area contributed by atoms with E-state index in [1.54, 1.807) is 0 Å². The number of nitrogens with zero attached hydrogens (tertiary/aromatic N) is 2. The first-order valence-electron chi connectivity index (χ1n) is 8.90. The summed E-state index contributed by atoms with van der Waals surface area (Å²) in [6.45, 7) is 12.2. The Kier molecular flexibility index (Phi) is 4.58. The molecule has 2 heterocycles. The Morgan fingerprint density at radius 1 is 1.28 bits per heavy atom. The number of amides is 1. The maximum absolute atomic E-state index is 12.3. The molecular formula is C20H28N4O. The number of aromatic nitrogens is 2. The van der Waals surface area contributed by atoms with E-state index in [0.29, 0.717) is 6.42 Å². The molecule has 3 rings (SSSR count). The smallest absolute Gasteiger partial charge is 0.224 e. The summed E-state index contributed by atoms with van der Waals surface area (Å²) in [5, 5.41) is 10.3. The van der Waals surface area contributed by atoms with Crippen molar-refractivity contribution in [3.63, 3.8) is 0 Å².